The van der Waals surface area contributed by atoms with E-state index >= 15 is 0 Å². The van der Waals surface area contributed by atoms with E-state index in [0.29, 0.717) is 0 Å². The second-order valence-corrected chi connectivity index (χ2v) is 4.99. The number of carboxylic acids is 1. The second kappa shape index (κ2) is 11.6. The third kappa shape index (κ3) is 13.6. The van der Waals surface area contributed by atoms with Crippen molar-refractivity contribution in [2.75, 3.05) is 0 Å². The standard InChI is InChI=1S/2C5H5.C2HCl3O2.Fe/c2*1-2-4-5-3-1;3-2(4,5)1(6)7;/h2*1-5H;(H,6,7);/q2*-1;;/p-1. The van der Waals surface area contributed by atoms with Crippen LogP contribution in [0.1, 0.15) is 0 Å². The van der Waals surface area contributed by atoms with Crippen molar-refractivity contribution in [3.63, 3.8) is 0 Å². The maximum atomic E-state index is 9.51. The molecule has 0 saturated carbocycles. The van der Waals surface area contributed by atoms with Crippen LogP contribution in [0.3, 0.4) is 0 Å². The Labute approximate surface area is 132 Å². The number of alkyl halides is 3. The summed E-state index contributed by atoms with van der Waals surface area (Å²) in [5, 5.41) is 9.51. The molecule has 0 heterocycles. The summed E-state index contributed by atoms with van der Waals surface area (Å²) in [6.45, 7) is 0. The number of rotatable bonds is 0. The molecular weight excluding hydrogens is 338 g/mol. The maximum absolute atomic E-state index is 9.51. The van der Waals surface area contributed by atoms with Gasteiger partial charge in [0.05, 0.1) is 5.97 Å². The number of halogens is 3. The molecule has 0 radical (unpaired) electrons. The van der Waals surface area contributed by atoms with Crippen LogP contribution >= 0.6 is 34.8 Å². The Morgan fingerprint density at radius 3 is 1.17 bits per heavy atom. The molecule has 0 unspecified atom stereocenters. The predicted octanol–water partition coefficient (Wildman–Crippen LogP) is 2.92. The van der Waals surface area contributed by atoms with E-state index in [9.17, 15) is 9.90 Å². The van der Waals surface area contributed by atoms with E-state index in [1.165, 1.54) is 0 Å². The Bertz CT molecular complexity index is 306. The predicted molar refractivity (Wildman–Crippen MR) is 69.4 cm³/mol. The summed E-state index contributed by atoms with van der Waals surface area (Å²) in [6.07, 6.45) is 0. The van der Waals surface area contributed by atoms with Crippen molar-refractivity contribution in [1.29, 1.82) is 0 Å². The minimum atomic E-state index is -2.28. The van der Waals surface area contributed by atoms with Crippen molar-refractivity contribution in [3.8, 4) is 0 Å². The quantitative estimate of drug-likeness (QED) is 0.417. The second-order valence-electron chi connectivity index (χ2n) is 2.71. The van der Waals surface area contributed by atoms with Gasteiger partial charge in [0.25, 0.3) is 0 Å². The summed E-state index contributed by atoms with van der Waals surface area (Å²) in [6, 6.07) is 20.0. The molecule has 0 amide bonds. The fraction of sp³-hybridized carbons (Fsp3) is 0.0833. The zero-order valence-corrected chi connectivity index (χ0v) is 12.4. The van der Waals surface area contributed by atoms with Gasteiger partial charge in [-0.05, 0) is 0 Å². The Morgan fingerprint density at radius 2 is 1.11 bits per heavy atom. The first-order valence-electron chi connectivity index (χ1n) is 4.56. The van der Waals surface area contributed by atoms with E-state index in [1.54, 1.807) is 0 Å². The van der Waals surface area contributed by atoms with Crippen LogP contribution in [-0.4, -0.2) is 9.76 Å². The van der Waals surface area contributed by atoms with E-state index in [2.05, 4.69) is 0 Å². The van der Waals surface area contributed by atoms with Crippen LogP contribution in [-0.2, 0) is 21.9 Å². The Morgan fingerprint density at radius 1 is 0.889 bits per heavy atom. The molecule has 0 spiro atoms. The average molecular weight is 348 g/mol. The molecule has 2 aromatic rings. The van der Waals surface area contributed by atoms with Crippen molar-refractivity contribution >= 4 is 40.8 Å². The van der Waals surface area contributed by atoms with Gasteiger partial charge in [0.15, 0.2) is 0 Å². The van der Waals surface area contributed by atoms with Crippen molar-refractivity contribution < 1.29 is 27.0 Å². The van der Waals surface area contributed by atoms with Gasteiger partial charge in [-0.3, -0.25) is 0 Å². The van der Waals surface area contributed by atoms with Crippen LogP contribution in [0.25, 0.3) is 0 Å². The number of aliphatic carboxylic acids is 1. The van der Waals surface area contributed by atoms with Gasteiger partial charge in [0, 0.05) is 17.1 Å². The molecule has 102 valence electrons. The van der Waals surface area contributed by atoms with Crippen LogP contribution in [0, 0.1) is 0 Å². The van der Waals surface area contributed by atoms with E-state index in [-0.39, 0.29) is 17.1 Å². The molecule has 18 heavy (non-hydrogen) atoms. The number of hydrogen-bond acceptors (Lipinski definition) is 2. The van der Waals surface area contributed by atoms with Gasteiger partial charge in [-0.1, -0.05) is 34.8 Å². The summed E-state index contributed by atoms with van der Waals surface area (Å²) >= 11 is 14.2. The van der Waals surface area contributed by atoms with Crippen LogP contribution in [0.4, 0.5) is 0 Å². The first kappa shape index (κ1) is 19.9. The summed E-state index contributed by atoms with van der Waals surface area (Å²) in [7, 11) is 0. The number of carboxylic acid groups (broad SMARTS) is 1. The Balaban J connectivity index is 0. The van der Waals surface area contributed by atoms with E-state index in [4.69, 9.17) is 34.8 Å². The van der Waals surface area contributed by atoms with Gasteiger partial charge in [0.2, 0.25) is 3.79 Å². The molecule has 0 saturated heterocycles. The number of hydrogen-bond donors (Lipinski definition) is 0. The molecule has 0 aliphatic heterocycles. The normalized spacial score (nSPS) is 8.83. The third-order valence-corrected chi connectivity index (χ3v) is 1.81. The molecule has 0 atom stereocenters. The van der Waals surface area contributed by atoms with Crippen LogP contribution in [0.5, 0.6) is 0 Å². The minimum absolute atomic E-state index is 0. The molecule has 0 aliphatic rings. The summed E-state index contributed by atoms with van der Waals surface area (Å²) in [4.78, 5) is 9.51. The van der Waals surface area contributed by atoms with Crippen molar-refractivity contribution in [1.82, 2.24) is 0 Å². The molecule has 2 rings (SSSR count). The van der Waals surface area contributed by atoms with Crippen molar-refractivity contribution in [2.45, 2.75) is 3.79 Å². The first-order chi connectivity index (χ1) is 7.94. The summed E-state index contributed by atoms with van der Waals surface area (Å²) < 4.78 is -2.28. The van der Waals surface area contributed by atoms with Crippen LogP contribution < -0.4 is 5.11 Å². The van der Waals surface area contributed by atoms with Gasteiger partial charge in [0.1, 0.15) is 0 Å². The molecule has 0 N–H and O–H groups in total. The van der Waals surface area contributed by atoms with Gasteiger partial charge < -0.3 is 9.90 Å². The molecule has 0 aromatic heterocycles. The molecular formula is C12H10Cl3FeO2-3. The zero-order chi connectivity index (χ0) is 13.1. The van der Waals surface area contributed by atoms with Crippen LogP contribution in [0.2, 0.25) is 0 Å². The largest absolute Gasteiger partial charge is 0.545 e. The Hall–Kier alpha value is -0.441. The minimum Gasteiger partial charge on any atom is -0.545 e. The monoisotopic (exact) mass is 347 g/mol. The Kier molecular flexibility index (Phi) is 12.9. The van der Waals surface area contributed by atoms with E-state index in [0.717, 1.165) is 0 Å². The van der Waals surface area contributed by atoms with E-state index in [1.807, 2.05) is 60.7 Å². The first-order valence-corrected chi connectivity index (χ1v) is 5.69. The fourth-order valence-corrected chi connectivity index (χ4v) is 0.642. The van der Waals surface area contributed by atoms with Gasteiger partial charge in [-0.15, -0.1) is 0 Å². The molecule has 2 nitrogen and oxygen atoms in total. The SMILES string of the molecule is O=C([O-])C(Cl)(Cl)Cl.[Fe].c1cc[cH-]c1.c1cc[cH-]c1. The summed E-state index contributed by atoms with van der Waals surface area (Å²) in [5.41, 5.74) is 0. The summed E-state index contributed by atoms with van der Waals surface area (Å²) in [5.74, 6) is -1.71. The van der Waals surface area contributed by atoms with Gasteiger partial charge in [-0.2, -0.15) is 36.4 Å². The molecule has 0 fully saturated rings. The van der Waals surface area contributed by atoms with E-state index < -0.39 is 9.76 Å². The maximum Gasteiger partial charge on any atom is 0.230 e. The average Bonchev–Trinajstić information content (AvgIpc) is 2.96. The van der Waals surface area contributed by atoms with Crippen LogP contribution in [0.15, 0.2) is 60.7 Å². The number of carbonyl (C=O) groups excluding carboxylic acids is 1. The van der Waals surface area contributed by atoms with Gasteiger partial charge in [-0.25, -0.2) is 24.3 Å². The zero-order valence-electron chi connectivity index (χ0n) is 9.08. The molecule has 0 bridgehead atoms. The molecule has 2 aromatic carbocycles. The third-order valence-electron chi connectivity index (χ3n) is 1.34. The topological polar surface area (TPSA) is 40.1 Å². The smallest absolute Gasteiger partial charge is 0.230 e. The van der Waals surface area contributed by atoms with Crippen molar-refractivity contribution in [3.05, 3.63) is 60.7 Å². The van der Waals surface area contributed by atoms with Crippen molar-refractivity contribution in [2.24, 2.45) is 0 Å². The molecule has 6 heteroatoms. The molecule has 0 aliphatic carbocycles. The van der Waals surface area contributed by atoms with Gasteiger partial charge >= 0.3 is 0 Å². The fourth-order valence-electron chi connectivity index (χ4n) is 0.642. The number of carbonyl (C=O) groups is 1.